The molecule has 0 heterocycles. The van der Waals surface area contributed by atoms with Crippen LogP contribution in [0.5, 0.6) is 23.0 Å². The third-order valence-electron chi connectivity index (χ3n) is 3.76. The predicted molar refractivity (Wildman–Crippen MR) is 110 cm³/mol. The van der Waals surface area contributed by atoms with Crippen molar-refractivity contribution in [3.63, 3.8) is 0 Å². The molecule has 2 rings (SSSR count). The van der Waals surface area contributed by atoms with E-state index in [-0.39, 0.29) is 6.61 Å². The number of methoxy groups -OCH3 is 2. The van der Waals surface area contributed by atoms with Gasteiger partial charge in [0.1, 0.15) is 6.61 Å². The molecule has 0 aliphatic heterocycles. The number of halogens is 1. The van der Waals surface area contributed by atoms with Gasteiger partial charge in [0.2, 0.25) is 0 Å². The summed E-state index contributed by atoms with van der Waals surface area (Å²) in [7, 11) is 3.10. The first-order valence-corrected chi connectivity index (χ1v) is 8.82. The minimum absolute atomic E-state index is 0.0735. The molecule has 0 radical (unpaired) electrons. The van der Waals surface area contributed by atoms with Crippen LogP contribution in [0.3, 0.4) is 0 Å². The molecule has 144 valence electrons. The molecule has 0 saturated heterocycles. The van der Waals surface area contributed by atoms with Crippen LogP contribution in [0.4, 0.5) is 0 Å². The summed E-state index contributed by atoms with van der Waals surface area (Å²) in [5.41, 5.74) is 1.80. The molecule has 0 unspecified atom stereocenters. The number of terminal acetylenes is 1. The summed E-state index contributed by atoms with van der Waals surface area (Å²) in [4.78, 5) is 0. The van der Waals surface area contributed by atoms with Gasteiger partial charge in [-0.25, -0.2) is 0 Å². The van der Waals surface area contributed by atoms with Gasteiger partial charge in [0, 0.05) is 0 Å². The van der Waals surface area contributed by atoms with Crippen LogP contribution in [0.25, 0.3) is 11.6 Å². The Bertz CT molecular complexity index is 954. The summed E-state index contributed by atoms with van der Waals surface area (Å²) < 4.78 is 21.7. The molecule has 5 nitrogen and oxygen atoms in total. The molecule has 2 aromatic rings. The van der Waals surface area contributed by atoms with Crippen molar-refractivity contribution in [2.24, 2.45) is 0 Å². The molecule has 0 fully saturated rings. The normalized spacial score (nSPS) is 10.6. The number of ether oxygens (including phenoxy) is 4. The third-order valence-corrected chi connectivity index (χ3v) is 4.04. The van der Waals surface area contributed by atoms with E-state index in [2.05, 4.69) is 12.0 Å². The number of nitrogens with zero attached hydrogens (tertiary/aromatic N) is 1. The topological polar surface area (TPSA) is 60.7 Å². The summed E-state index contributed by atoms with van der Waals surface area (Å²) >= 11 is 6.34. The van der Waals surface area contributed by atoms with Crippen molar-refractivity contribution in [1.29, 1.82) is 5.26 Å². The molecule has 0 N–H and O–H groups in total. The van der Waals surface area contributed by atoms with Gasteiger partial charge < -0.3 is 18.9 Å². The second-order valence-corrected chi connectivity index (χ2v) is 5.90. The van der Waals surface area contributed by atoms with Crippen LogP contribution in [-0.2, 0) is 0 Å². The maximum atomic E-state index is 9.64. The minimum atomic E-state index is 0.0735. The van der Waals surface area contributed by atoms with Gasteiger partial charge in [-0.15, -0.1) is 6.42 Å². The van der Waals surface area contributed by atoms with E-state index in [4.69, 9.17) is 37.0 Å². The predicted octanol–water partition coefficient (Wildman–Crippen LogP) is 4.83. The molecule has 0 amide bonds. The van der Waals surface area contributed by atoms with Gasteiger partial charge in [-0.05, 0) is 54.5 Å². The molecular formula is C22H20ClNO4. The van der Waals surface area contributed by atoms with E-state index in [1.165, 1.54) is 0 Å². The molecule has 2 aromatic carbocycles. The summed E-state index contributed by atoms with van der Waals surface area (Å²) in [6, 6.07) is 10.9. The lowest BCUT2D eigenvalue weighted by Crippen LogP contribution is -2.00. The fourth-order valence-corrected chi connectivity index (χ4v) is 2.81. The number of nitriles is 1. The molecular weight excluding hydrogens is 378 g/mol. The monoisotopic (exact) mass is 397 g/mol. The van der Waals surface area contributed by atoms with Gasteiger partial charge >= 0.3 is 0 Å². The van der Waals surface area contributed by atoms with Crippen molar-refractivity contribution in [2.45, 2.75) is 6.92 Å². The van der Waals surface area contributed by atoms with Gasteiger partial charge in [0.15, 0.2) is 23.0 Å². The van der Waals surface area contributed by atoms with Crippen LogP contribution < -0.4 is 18.9 Å². The van der Waals surface area contributed by atoms with Crippen molar-refractivity contribution < 1.29 is 18.9 Å². The molecule has 0 atom stereocenters. The number of hydrogen-bond donors (Lipinski definition) is 0. The van der Waals surface area contributed by atoms with E-state index in [0.29, 0.717) is 51.3 Å². The number of benzene rings is 2. The van der Waals surface area contributed by atoms with Crippen LogP contribution in [-0.4, -0.2) is 27.4 Å². The Kier molecular flexibility index (Phi) is 7.63. The van der Waals surface area contributed by atoms with Gasteiger partial charge in [0.25, 0.3) is 0 Å². The minimum Gasteiger partial charge on any atom is -0.493 e. The molecule has 0 aliphatic rings. The van der Waals surface area contributed by atoms with E-state index < -0.39 is 0 Å². The largest absolute Gasteiger partial charge is 0.493 e. The van der Waals surface area contributed by atoms with Gasteiger partial charge in [0.05, 0.1) is 37.5 Å². The average Bonchev–Trinajstić information content (AvgIpc) is 2.71. The molecule has 0 bridgehead atoms. The number of hydrogen-bond acceptors (Lipinski definition) is 5. The Morgan fingerprint density at radius 2 is 1.86 bits per heavy atom. The van der Waals surface area contributed by atoms with E-state index >= 15 is 0 Å². The Morgan fingerprint density at radius 3 is 2.46 bits per heavy atom. The van der Waals surface area contributed by atoms with Gasteiger partial charge in [-0.2, -0.15) is 5.26 Å². The first kappa shape index (κ1) is 21.0. The van der Waals surface area contributed by atoms with E-state index in [1.807, 2.05) is 6.92 Å². The fourth-order valence-electron chi connectivity index (χ4n) is 2.54. The van der Waals surface area contributed by atoms with E-state index in [9.17, 15) is 5.26 Å². The van der Waals surface area contributed by atoms with E-state index in [1.54, 1.807) is 50.6 Å². The summed E-state index contributed by atoms with van der Waals surface area (Å²) in [6.07, 6.45) is 6.96. The van der Waals surface area contributed by atoms with Crippen molar-refractivity contribution in [1.82, 2.24) is 0 Å². The Hall–Kier alpha value is -3.28. The Labute approximate surface area is 170 Å². The maximum Gasteiger partial charge on any atom is 0.181 e. The highest BCUT2D eigenvalue weighted by atomic mass is 35.5. The summed E-state index contributed by atoms with van der Waals surface area (Å²) in [5.74, 6) is 4.35. The molecule has 0 saturated carbocycles. The summed E-state index contributed by atoms with van der Waals surface area (Å²) in [6.45, 7) is 2.35. The lowest BCUT2D eigenvalue weighted by atomic mass is 10.0. The zero-order valence-corrected chi connectivity index (χ0v) is 16.7. The third kappa shape index (κ3) is 4.91. The fraction of sp³-hybridized carbons (Fsp3) is 0.227. The lowest BCUT2D eigenvalue weighted by Gasteiger charge is -2.13. The van der Waals surface area contributed by atoms with Crippen molar-refractivity contribution in [3.05, 3.63) is 46.5 Å². The average molecular weight is 398 g/mol. The summed E-state index contributed by atoms with van der Waals surface area (Å²) in [5, 5.41) is 9.99. The molecule has 0 aliphatic carbocycles. The molecule has 0 spiro atoms. The van der Waals surface area contributed by atoms with E-state index in [0.717, 1.165) is 0 Å². The number of allylic oxidation sites excluding steroid dienone is 1. The maximum absolute atomic E-state index is 9.64. The van der Waals surface area contributed by atoms with Crippen LogP contribution >= 0.6 is 11.6 Å². The second kappa shape index (κ2) is 10.2. The van der Waals surface area contributed by atoms with Crippen LogP contribution in [0, 0.1) is 23.7 Å². The quantitative estimate of drug-likeness (QED) is 0.362. The Balaban J connectivity index is 2.49. The Morgan fingerprint density at radius 1 is 1.11 bits per heavy atom. The van der Waals surface area contributed by atoms with Crippen molar-refractivity contribution in [2.75, 3.05) is 27.4 Å². The van der Waals surface area contributed by atoms with Crippen LogP contribution in [0.1, 0.15) is 18.1 Å². The molecule has 6 heteroatoms. The second-order valence-electron chi connectivity index (χ2n) is 5.50. The highest BCUT2D eigenvalue weighted by molar-refractivity contribution is 6.32. The van der Waals surface area contributed by atoms with Gasteiger partial charge in [-0.1, -0.05) is 17.5 Å². The first-order chi connectivity index (χ1) is 13.6. The van der Waals surface area contributed by atoms with Gasteiger partial charge in [-0.3, -0.25) is 0 Å². The molecule has 28 heavy (non-hydrogen) atoms. The lowest BCUT2D eigenvalue weighted by molar-refractivity contribution is 0.299. The van der Waals surface area contributed by atoms with Crippen LogP contribution in [0.2, 0.25) is 5.02 Å². The first-order valence-electron chi connectivity index (χ1n) is 8.44. The standard InChI is InChI=1S/C22H20ClNO4/c1-5-9-28-22-18(23)11-15(12-21(22)27-6-2)10-17(14-24)16-7-8-19(25-3)20(13-16)26-4/h1,7-8,10-13H,6,9H2,2-4H3/b17-10+. The highest BCUT2D eigenvalue weighted by Gasteiger charge is 2.13. The zero-order chi connectivity index (χ0) is 20.5. The van der Waals surface area contributed by atoms with Crippen molar-refractivity contribution in [3.8, 4) is 41.4 Å². The zero-order valence-electron chi connectivity index (χ0n) is 15.9. The smallest absolute Gasteiger partial charge is 0.181 e. The number of rotatable bonds is 8. The van der Waals surface area contributed by atoms with Crippen LogP contribution in [0.15, 0.2) is 30.3 Å². The molecule has 0 aromatic heterocycles. The highest BCUT2D eigenvalue weighted by Crippen LogP contribution is 2.38. The SMILES string of the molecule is C#CCOc1c(Cl)cc(/C=C(\C#N)c2ccc(OC)c(OC)c2)cc1OCC. The van der Waals surface area contributed by atoms with Crippen molar-refractivity contribution >= 4 is 23.3 Å².